The van der Waals surface area contributed by atoms with Crippen molar-refractivity contribution >= 4 is 18.0 Å². The number of benzene rings is 2. The molecule has 2 amide bonds. The summed E-state index contributed by atoms with van der Waals surface area (Å²) >= 11 is 0. The molecule has 2 aromatic rings. The summed E-state index contributed by atoms with van der Waals surface area (Å²) in [7, 11) is 1.56. The van der Waals surface area contributed by atoms with Gasteiger partial charge in [-0.1, -0.05) is 54.6 Å². The molecule has 8 nitrogen and oxygen atoms in total. The molecule has 0 bridgehead atoms. The third-order valence-corrected chi connectivity index (χ3v) is 5.82. The van der Waals surface area contributed by atoms with E-state index in [1.165, 1.54) is 13.0 Å². The van der Waals surface area contributed by atoms with Crippen LogP contribution < -0.4 is 10.6 Å². The van der Waals surface area contributed by atoms with Crippen molar-refractivity contribution in [3.05, 3.63) is 71.3 Å². The van der Waals surface area contributed by atoms with Crippen molar-refractivity contribution in [3.63, 3.8) is 0 Å². The minimum Gasteiger partial charge on any atom is -0.478 e. The van der Waals surface area contributed by atoms with Crippen molar-refractivity contribution in [3.8, 4) is 11.1 Å². The number of carbonyl (C=O) groups is 3. The Hall–Kier alpha value is -3.65. The molecule has 1 atom stereocenters. The van der Waals surface area contributed by atoms with Gasteiger partial charge in [0.2, 0.25) is 5.91 Å². The maximum Gasteiger partial charge on any atom is 0.407 e. The van der Waals surface area contributed by atoms with E-state index < -0.39 is 24.0 Å². The summed E-state index contributed by atoms with van der Waals surface area (Å²) < 4.78 is 10.6. The molecule has 0 spiro atoms. The van der Waals surface area contributed by atoms with Crippen LogP contribution in [-0.2, 0) is 19.1 Å². The van der Waals surface area contributed by atoms with Crippen LogP contribution in [-0.4, -0.2) is 56.0 Å². The first-order chi connectivity index (χ1) is 16.4. The molecule has 1 unspecified atom stereocenters. The van der Waals surface area contributed by atoms with E-state index in [1.807, 2.05) is 36.4 Å². The number of hydrogen-bond donors (Lipinski definition) is 3. The van der Waals surface area contributed by atoms with Crippen LogP contribution in [0.15, 0.2) is 60.2 Å². The maximum absolute atomic E-state index is 12.6. The van der Waals surface area contributed by atoms with Gasteiger partial charge in [0, 0.05) is 31.8 Å². The number of rotatable bonds is 11. The number of methoxy groups -OCH3 is 1. The molecule has 3 N–H and O–H groups in total. The van der Waals surface area contributed by atoms with E-state index in [4.69, 9.17) is 14.6 Å². The van der Waals surface area contributed by atoms with Crippen molar-refractivity contribution in [2.45, 2.75) is 31.7 Å². The normalized spacial score (nSPS) is 13.5. The second kappa shape index (κ2) is 12.0. The molecule has 3 rings (SSSR count). The number of hydrogen-bond acceptors (Lipinski definition) is 5. The molecule has 0 saturated carbocycles. The monoisotopic (exact) mass is 466 g/mol. The van der Waals surface area contributed by atoms with Crippen LogP contribution in [0.4, 0.5) is 4.79 Å². The summed E-state index contributed by atoms with van der Waals surface area (Å²) in [4.78, 5) is 36.1. The van der Waals surface area contributed by atoms with Gasteiger partial charge in [-0.15, -0.1) is 0 Å². The van der Waals surface area contributed by atoms with E-state index in [0.29, 0.717) is 19.4 Å². The highest BCUT2D eigenvalue weighted by Gasteiger charge is 2.29. The first kappa shape index (κ1) is 25.0. The minimum atomic E-state index is -1.05. The van der Waals surface area contributed by atoms with E-state index in [-0.39, 0.29) is 24.6 Å². The summed E-state index contributed by atoms with van der Waals surface area (Å²) in [5.41, 5.74) is 4.60. The Balaban J connectivity index is 1.61. The number of ether oxygens (including phenoxy) is 2. The summed E-state index contributed by atoms with van der Waals surface area (Å²) in [6.07, 6.45) is 1.63. The molecule has 0 heterocycles. The zero-order valence-corrected chi connectivity index (χ0v) is 19.4. The summed E-state index contributed by atoms with van der Waals surface area (Å²) in [6, 6.07) is 15.3. The van der Waals surface area contributed by atoms with Gasteiger partial charge in [-0.2, -0.15) is 0 Å². The molecule has 180 valence electrons. The van der Waals surface area contributed by atoms with Crippen LogP contribution in [0.2, 0.25) is 0 Å². The number of fused-ring (bicyclic) bond motifs is 3. The lowest BCUT2D eigenvalue weighted by Gasteiger charge is -2.19. The molecule has 0 radical (unpaired) electrons. The molecule has 1 aliphatic carbocycles. The molecular formula is C26H30N2O6. The smallest absolute Gasteiger partial charge is 0.407 e. The molecule has 1 aliphatic rings. The summed E-state index contributed by atoms with van der Waals surface area (Å²) in [5, 5.41) is 14.2. The van der Waals surface area contributed by atoms with Crippen molar-refractivity contribution in [2.75, 3.05) is 26.9 Å². The molecule has 8 heteroatoms. The Morgan fingerprint density at radius 1 is 1.06 bits per heavy atom. The highest BCUT2D eigenvalue weighted by molar-refractivity contribution is 5.87. The van der Waals surface area contributed by atoms with Crippen LogP contribution in [0.5, 0.6) is 0 Å². The average molecular weight is 467 g/mol. The SMILES string of the molecule is COCCCC(NC(=O)OCC1c2ccccc2-c2ccccc21)C(=O)NC/C=C(\C)C(=O)O. The average Bonchev–Trinajstić information content (AvgIpc) is 3.15. The Kier molecular flexibility index (Phi) is 8.81. The number of aliphatic carboxylic acids is 1. The third-order valence-electron chi connectivity index (χ3n) is 5.82. The highest BCUT2D eigenvalue weighted by Crippen LogP contribution is 2.44. The van der Waals surface area contributed by atoms with E-state index in [2.05, 4.69) is 22.8 Å². The third kappa shape index (κ3) is 6.23. The molecule has 0 saturated heterocycles. The standard InChI is InChI=1S/C26H30N2O6/c1-17(25(30)31)13-14-27-24(29)23(12-7-15-33-2)28-26(32)34-16-22-20-10-5-3-8-18(20)19-9-4-6-11-21(19)22/h3-6,8-11,13,22-23H,7,12,14-16H2,1-2H3,(H,27,29)(H,28,32)(H,30,31)/b17-13+. The number of amides is 2. The first-order valence-corrected chi connectivity index (χ1v) is 11.2. The first-order valence-electron chi connectivity index (χ1n) is 11.2. The fraction of sp³-hybridized carbons (Fsp3) is 0.346. The highest BCUT2D eigenvalue weighted by atomic mass is 16.5. The maximum atomic E-state index is 12.6. The summed E-state index contributed by atoms with van der Waals surface area (Å²) in [5.74, 6) is -1.55. The number of alkyl carbamates (subject to hydrolysis) is 1. The summed E-state index contributed by atoms with van der Waals surface area (Å²) in [6.45, 7) is 2.07. The molecule has 34 heavy (non-hydrogen) atoms. The van der Waals surface area contributed by atoms with Crippen molar-refractivity contribution in [1.82, 2.24) is 10.6 Å². The van der Waals surface area contributed by atoms with Crippen molar-refractivity contribution < 1.29 is 29.0 Å². The lowest BCUT2D eigenvalue weighted by molar-refractivity contribution is -0.132. The van der Waals surface area contributed by atoms with E-state index in [0.717, 1.165) is 22.3 Å². The van der Waals surface area contributed by atoms with Gasteiger partial charge in [0.1, 0.15) is 12.6 Å². The van der Waals surface area contributed by atoms with Crippen molar-refractivity contribution in [1.29, 1.82) is 0 Å². The van der Waals surface area contributed by atoms with Gasteiger partial charge >= 0.3 is 12.1 Å². The van der Waals surface area contributed by atoms with Gasteiger partial charge in [0.05, 0.1) is 0 Å². The largest absolute Gasteiger partial charge is 0.478 e. The molecule has 2 aromatic carbocycles. The predicted octanol–water partition coefficient (Wildman–Crippen LogP) is 3.47. The Morgan fingerprint density at radius 3 is 2.26 bits per heavy atom. The van der Waals surface area contributed by atoms with Crippen LogP contribution in [0.1, 0.15) is 36.8 Å². The van der Waals surface area contributed by atoms with E-state index in [1.54, 1.807) is 7.11 Å². The number of carboxylic acid groups (broad SMARTS) is 1. The van der Waals surface area contributed by atoms with Gasteiger partial charge in [-0.05, 0) is 42.0 Å². The van der Waals surface area contributed by atoms with E-state index in [9.17, 15) is 14.4 Å². The van der Waals surface area contributed by atoms with Gasteiger partial charge < -0.3 is 25.2 Å². The number of carbonyl (C=O) groups excluding carboxylic acids is 2. The fourth-order valence-corrected chi connectivity index (χ4v) is 4.00. The predicted molar refractivity (Wildman–Crippen MR) is 128 cm³/mol. The second-order valence-corrected chi connectivity index (χ2v) is 8.09. The number of carboxylic acids is 1. The lowest BCUT2D eigenvalue weighted by atomic mass is 9.98. The number of nitrogens with one attached hydrogen (secondary N) is 2. The van der Waals surface area contributed by atoms with Crippen LogP contribution in [0.3, 0.4) is 0 Å². The van der Waals surface area contributed by atoms with Gasteiger partial charge in [0.25, 0.3) is 0 Å². The van der Waals surface area contributed by atoms with Crippen molar-refractivity contribution in [2.24, 2.45) is 0 Å². The van der Waals surface area contributed by atoms with Crippen LogP contribution in [0, 0.1) is 0 Å². The van der Waals surface area contributed by atoms with E-state index >= 15 is 0 Å². The molecule has 0 fully saturated rings. The lowest BCUT2D eigenvalue weighted by Crippen LogP contribution is -2.47. The van der Waals surface area contributed by atoms with Gasteiger partial charge in [0.15, 0.2) is 0 Å². The molecule has 0 aliphatic heterocycles. The Bertz CT molecular complexity index is 1020. The van der Waals surface area contributed by atoms with Crippen LogP contribution in [0.25, 0.3) is 11.1 Å². The zero-order chi connectivity index (χ0) is 24.5. The molecular weight excluding hydrogens is 436 g/mol. The second-order valence-electron chi connectivity index (χ2n) is 8.09. The minimum absolute atomic E-state index is 0.0457. The zero-order valence-electron chi connectivity index (χ0n) is 19.4. The topological polar surface area (TPSA) is 114 Å². The fourth-order valence-electron chi connectivity index (χ4n) is 4.00. The quantitative estimate of drug-likeness (QED) is 0.345. The molecule has 0 aromatic heterocycles. The van der Waals surface area contributed by atoms with Gasteiger partial charge in [-0.25, -0.2) is 9.59 Å². The van der Waals surface area contributed by atoms with Crippen LogP contribution >= 0.6 is 0 Å². The Labute approximate surface area is 199 Å². The van der Waals surface area contributed by atoms with Gasteiger partial charge in [-0.3, -0.25) is 4.79 Å². The Morgan fingerprint density at radius 2 is 1.68 bits per heavy atom.